The van der Waals surface area contributed by atoms with Crippen molar-refractivity contribution in [2.24, 2.45) is 58.2 Å². The molecule has 2 saturated carbocycles. The molecule has 11 atom stereocenters. The van der Waals surface area contributed by atoms with Crippen LogP contribution in [0.15, 0.2) is 120 Å². The molecule has 0 aromatic heterocycles. The maximum absolute atomic E-state index is 4.86. The van der Waals surface area contributed by atoms with Gasteiger partial charge in [0.05, 0.1) is 6.04 Å². The number of allylic oxidation sites excluding steroid dienone is 16. The molecule has 0 aliphatic heterocycles. The summed E-state index contributed by atoms with van der Waals surface area (Å²) in [5, 5.41) is 4.07. The highest BCUT2D eigenvalue weighted by molar-refractivity contribution is 5.53. The molecular weight excluding hydrogens is 651 g/mol. The summed E-state index contributed by atoms with van der Waals surface area (Å²) in [4.78, 5) is 0. The Morgan fingerprint density at radius 3 is 2.63 bits per heavy atom. The Morgan fingerprint density at radius 2 is 1.78 bits per heavy atom. The number of rotatable bonds is 12. The van der Waals surface area contributed by atoms with E-state index in [-0.39, 0.29) is 10.8 Å². The predicted molar refractivity (Wildman–Crippen MR) is 232 cm³/mol. The van der Waals surface area contributed by atoms with Crippen molar-refractivity contribution in [3.63, 3.8) is 0 Å². The van der Waals surface area contributed by atoms with E-state index in [0.717, 1.165) is 37.0 Å². The maximum Gasteiger partial charge on any atom is 0.0509 e. The Morgan fingerprint density at radius 1 is 0.944 bits per heavy atom. The molecule has 1 heteroatoms. The van der Waals surface area contributed by atoms with Gasteiger partial charge in [-0.15, -0.1) is 0 Å². The first-order valence-electron chi connectivity index (χ1n) is 23.0. The first-order chi connectivity index (χ1) is 26.5. The van der Waals surface area contributed by atoms with E-state index in [1.165, 1.54) is 108 Å². The summed E-state index contributed by atoms with van der Waals surface area (Å²) in [5.41, 5.74) is 11.4. The molecule has 54 heavy (non-hydrogen) atoms. The van der Waals surface area contributed by atoms with E-state index < -0.39 is 0 Å². The van der Waals surface area contributed by atoms with E-state index in [2.05, 4.69) is 99.5 Å². The second kappa shape index (κ2) is 16.4. The van der Waals surface area contributed by atoms with E-state index in [9.17, 15) is 0 Å². The number of hydrogen-bond acceptors (Lipinski definition) is 1. The van der Waals surface area contributed by atoms with Gasteiger partial charge in [-0.3, -0.25) is 0 Å². The molecule has 2 fully saturated rings. The third-order valence-corrected chi connectivity index (χ3v) is 16.7. The maximum atomic E-state index is 4.86. The molecule has 0 aromatic carbocycles. The summed E-state index contributed by atoms with van der Waals surface area (Å²) in [6.07, 6.45) is 53.9. The van der Waals surface area contributed by atoms with Crippen LogP contribution in [0.3, 0.4) is 0 Å². The van der Waals surface area contributed by atoms with Crippen molar-refractivity contribution < 1.29 is 0 Å². The van der Waals surface area contributed by atoms with Crippen LogP contribution >= 0.6 is 0 Å². The monoisotopic (exact) mass is 724 g/mol. The van der Waals surface area contributed by atoms with Crippen LogP contribution in [0.5, 0.6) is 0 Å². The fraction of sp³-hybridized carbons (Fsp3) is 0.623. The third kappa shape index (κ3) is 6.25. The van der Waals surface area contributed by atoms with Gasteiger partial charge >= 0.3 is 0 Å². The molecule has 290 valence electrons. The van der Waals surface area contributed by atoms with Gasteiger partial charge in [-0.25, -0.2) is 0 Å². The van der Waals surface area contributed by atoms with Crippen molar-refractivity contribution >= 4 is 0 Å². The normalized spacial score (nSPS) is 38.9. The summed E-state index contributed by atoms with van der Waals surface area (Å²) < 4.78 is 0. The van der Waals surface area contributed by atoms with E-state index in [1.54, 1.807) is 5.57 Å². The lowest BCUT2D eigenvalue weighted by atomic mass is 9.36. The Labute approximate surface area is 330 Å². The smallest absolute Gasteiger partial charge is 0.0509 e. The Balaban J connectivity index is 1.20. The summed E-state index contributed by atoms with van der Waals surface area (Å²) in [6, 6.07) is 0.318. The van der Waals surface area contributed by atoms with Crippen molar-refractivity contribution in [3.8, 4) is 0 Å². The van der Waals surface area contributed by atoms with E-state index >= 15 is 0 Å². The zero-order valence-corrected chi connectivity index (χ0v) is 34.5. The zero-order valence-electron chi connectivity index (χ0n) is 34.5. The molecule has 8 aliphatic carbocycles. The molecule has 0 aromatic rings. The molecule has 0 bridgehead atoms. The lowest BCUT2D eigenvalue weighted by molar-refractivity contribution is -0.136. The summed E-state index contributed by atoms with van der Waals surface area (Å²) in [6.45, 7) is 16.5. The van der Waals surface area contributed by atoms with Gasteiger partial charge < -0.3 is 5.32 Å². The van der Waals surface area contributed by atoms with Crippen LogP contribution in [0.25, 0.3) is 0 Å². The summed E-state index contributed by atoms with van der Waals surface area (Å²) in [7, 11) is 0. The van der Waals surface area contributed by atoms with Crippen LogP contribution < -0.4 is 5.32 Å². The number of nitrogens with one attached hydrogen (secondary N) is 1. The lowest BCUT2D eigenvalue weighted by Gasteiger charge is -2.68. The standard InChI is InChI=1S/C53H73N/c1-6-8-10-22-37(3)42-25-15-21-33-51(42)54-38(4)34-35-45-39(5)52(47-29-17-13-26-43(47)44-27-14-18-30-48(44)52)49-31-19-20-32-50(49)53(45)41(24-11-9-7-2)36-40-23-12-16-28-46(40)53/h7-12,15,21,23,25,29,33,37,39,41-43,45,49-51,54H,2,4,6,13-14,16-20,22,24,26-28,30-32,34-36H2,1,3,5H3/b10-8-,11-9-. The quantitative estimate of drug-likeness (QED) is 0.156. The van der Waals surface area contributed by atoms with Crippen LogP contribution in [0, 0.1) is 58.2 Å². The average Bonchev–Trinajstić information content (AvgIpc) is 3.68. The Kier molecular flexibility index (Phi) is 11.5. The van der Waals surface area contributed by atoms with Crippen LogP contribution in [0.2, 0.25) is 0 Å². The minimum atomic E-state index is 0.278. The second-order valence-electron chi connectivity index (χ2n) is 19.0. The molecule has 1 N–H and O–H groups in total. The summed E-state index contributed by atoms with van der Waals surface area (Å²) in [5.74, 6) is 5.40. The number of fused-ring (bicyclic) bond motifs is 8. The average molecular weight is 724 g/mol. The van der Waals surface area contributed by atoms with Crippen LogP contribution in [-0.2, 0) is 0 Å². The molecule has 1 nitrogen and oxygen atoms in total. The van der Waals surface area contributed by atoms with Gasteiger partial charge in [-0.2, -0.15) is 0 Å². The molecule has 0 radical (unpaired) electrons. The van der Waals surface area contributed by atoms with Crippen molar-refractivity contribution in [2.45, 2.75) is 149 Å². The Bertz CT molecular complexity index is 1670. The van der Waals surface area contributed by atoms with E-state index in [0.29, 0.717) is 35.6 Å². The molecule has 8 rings (SSSR count). The topological polar surface area (TPSA) is 12.0 Å². The highest BCUT2D eigenvalue weighted by atomic mass is 14.9. The highest BCUT2D eigenvalue weighted by Crippen LogP contribution is 2.78. The van der Waals surface area contributed by atoms with Gasteiger partial charge in [0.1, 0.15) is 0 Å². The molecule has 0 saturated heterocycles. The fourth-order valence-electron chi connectivity index (χ4n) is 15.0. The van der Waals surface area contributed by atoms with Gasteiger partial charge in [0, 0.05) is 28.4 Å². The number of hydrogen-bond donors (Lipinski definition) is 1. The molecule has 2 spiro atoms. The van der Waals surface area contributed by atoms with Crippen LogP contribution in [0.1, 0.15) is 143 Å². The van der Waals surface area contributed by atoms with Crippen LogP contribution in [-0.4, -0.2) is 6.04 Å². The van der Waals surface area contributed by atoms with Crippen molar-refractivity contribution in [2.75, 3.05) is 0 Å². The van der Waals surface area contributed by atoms with Gasteiger partial charge in [0.25, 0.3) is 0 Å². The van der Waals surface area contributed by atoms with Crippen molar-refractivity contribution in [1.82, 2.24) is 5.32 Å². The van der Waals surface area contributed by atoms with Crippen LogP contribution in [0.4, 0.5) is 0 Å². The molecule has 11 unspecified atom stereocenters. The first-order valence-corrected chi connectivity index (χ1v) is 23.0. The van der Waals surface area contributed by atoms with Gasteiger partial charge in [-0.1, -0.05) is 142 Å². The van der Waals surface area contributed by atoms with Crippen molar-refractivity contribution in [3.05, 3.63) is 120 Å². The minimum absolute atomic E-state index is 0.278. The third-order valence-electron chi connectivity index (χ3n) is 16.7. The van der Waals surface area contributed by atoms with Gasteiger partial charge in [-0.05, 0) is 150 Å². The SMILES string of the molecule is C=C/C=C\CC1CC2=C(CCC=C2)C12C(CCC(=C)NC1C=CC=CC1C(C)C/C=C\CC)C(C)C1(C3=CCCCC3C3=C1CCCC3)C1CCCCC12. The molecular formula is C53H73N. The van der Waals surface area contributed by atoms with Crippen molar-refractivity contribution in [1.29, 1.82) is 0 Å². The van der Waals surface area contributed by atoms with Gasteiger partial charge in [0.2, 0.25) is 0 Å². The minimum Gasteiger partial charge on any atom is -0.382 e. The van der Waals surface area contributed by atoms with E-state index in [1.807, 2.05) is 28.4 Å². The fourth-order valence-corrected chi connectivity index (χ4v) is 15.0. The van der Waals surface area contributed by atoms with Gasteiger partial charge in [0.15, 0.2) is 0 Å². The molecule has 0 heterocycles. The Hall–Kier alpha value is -2.80. The molecule has 0 amide bonds. The first kappa shape index (κ1) is 38.1. The van der Waals surface area contributed by atoms with E-state index in [4.69, 9.17) is 6.58 Å². The lowest BCUT2D eigenvalue weighted by Crippen LogP contribution is -2.62. The zero-order chi connectivity index (χ0) is 37.3. The predicted octanol–water partition coefficient (Wildman–Crippen LogP) is 14.4. The molecule has 8 aliphatic rings. The summed E-state index contributed by atoms with van der Waals surface area (Å²) >= 11 is 0. The highest BCUT2D eigenvalue weighted by Gasteiger charge is 2.71. The largest absolute Gasteiger partial charge is 0.382 e. The second-order valence-corrected chi connectivity index (χ2v) is 19.0.